The summed E-state index contributed by atoms with van der Waals surface area (Å²) in [5.41, 5.74) is 0.840. The van der Waals surface area contributed by atoms with Crippen LogP contribution in [0.25, 0.3) is 0 Å². The number of nitrogens with one attached hydrogen (secondary N) is 1. The Bertz CT molecular complexity index is 788. The van der Waals surface area contributed by atoms with Gasteiger partial charge < -0.3 is 14.8 Å². The molecule has 1 saturated carbocycles. The summed E-state index contributed by atoms with van der Waals surface area (Å²) in [5, 5.41) is 12.2. The molecule has 1 amide bonds. The third kappa shape index (κ3) is 4.10. The van der Waals surface area contributed by atoms with Crippen LogP contribution in [0.5, 0.6) is 0 Å². The number of furan rings is 1. The molecule has 5 nitrogen and oxygen atoms in total. The van der Waals surface area contributed by atoms with Crippen LogP contribution in [0.4, 0.5) is 4.39 Å². The molecular weight excluding hydrogens is 313 g/mol. The average molecular weight is 329 g/mol. The number of amides is 1. The molecule has 24 heavy (non-hydrogen) atoms. The summed E-state index contributed by atoms with van der Waals surface area (Å²) in [6.45, 7) is 0. The van der Waals surface area contributed by atoms with E-state index in [0.29, 0.717) is 12.2 Å². The first-order valence-corrected chi connectivity index (χ1v) is 7.60. The molecule has 0 atom stereocenters. The fourth-order valence-electron chi connectivity index (χ4n) is 2.16. The fourth-order valence-corrected chi connectivity index (χ4v) is 2.16. The molecule has 1 heterocycles. The molecule has 2 N–H and O–H groups in total. The highest BCUT2D eigenvalue weighted by Gasteiger charge is 2.25. The zero-order valence-corrected chi connectivity index (χ0v) is 12.8. The van der Waals surface area contributed by atoms with Crippen LogP contribution in [0.15, 0.2) is 52.7 Å². The Labute approximate surface area is 137 Å². The number of hydrogen-bond acceptors (Lipinski definition) is 4. The van der Waals surface area contributed by atoms with E-state index < -0.39 is 17.4 Å². The van der Waals surface area contributed by atoms with Crippen molar-refractivity contribution in [2.75, 3.05) is 0 Å². The summed E-state index contributed by atoms with van der Waals surface area (Å²) in [6.07, 6.45) is 3.03. The predicted molar refractivity (Wildman–Crippen MR) is 84.1 cm³/mol. The third-order valence-electron chi connectivity index (χ3n) is 3.61. The molecule has 124 valence electrons. The monoisotopic (exact) mass is 329 g/mol. The van der Waals surface area contributed by atoms with Crippen LogP contribution in [-0.4, -0.2) is 22.8 Å². The molecule has 1 aliphatic rings. The van der Waals surface area contributed by atoms with Crippen LogP contribution in [-0.2, 0) is 11.2 Å². The van der Waals surface area contributed by atoms with Crippen LogP contribution in [0.1, 0.15) is 34.7 Å². The maximum Gasteiger partial charge on any atom is 0.286 e. The lowest BCUT2D eigenvalue weighted by atomic mass is 10.1. The van der Waals surface area contributed by atoms with Crippen molar-refractivity contribution in [3.05, 3.63) is 71.1 Å². The average Bonchev–Trinajstić information content (AvgIpc) is 3.24. The lowest BCUT2D eigenvalue weighted by Crippen LogP contribution is -2.27. The second-order valence-electron chi connectivity index (χ2n) is 5.71. The van der Waals surface area contributed by atoms with E-state index in [2.05, 4.69) is 5.32 Å². The molecular formula is C18H16FNO4. The largest absolute Gasteiger partial charge is 0.503 e. The van der Waals surface area contributed by atoms with Crippen molar-refractivity contribution in [3.63, 3.8) is 0 Å². The van der Waals surface area contributed by atoms with E-state index in [4.69, 9.17) is 4.42 Å². The molecule has 0 saturated heterocycles. The number of hydrogen-bond donors (Lipinski definition) is 2. The molecule has 1 aromatic carbocycles. The number of carbonyl (C=O) groups is 2. The minimum atomic E-state index is -0.663. The standard InChI is InChI=1S/C18H16FNO4/c19-12-3-1-11(2-4-12)9-14-7-8-17(24-14)15(21)10-16(22)18(23)20-13-5-6-13/h1-4,7-8,10,13,22H,5-6,9H2,(H,20,23)/b16-10-. The Hall–Kier alpha value is -2.89. The maximum absolute atomic E-state index is 12.9. The molecule has 0 bridgehead atoms. The quantitative estimate of drug-likeness (QED) is 0.485. The molecule has 0 unspecified atom stereocenters. The molecule has 0 aliphatic heterocycles. The first-order valence-electron chi connectivity index (χ1n) is 7.60. The van der Waals surface area contributed by atoms with Crippen molar-refractivity contribution in [1.29, 1.82) is 0 Å². The number of halogens is 1. The van der Waals surface area contributed by atoms with Gasteiger partial charge in [-0.1, -0.05) is 12.1 Å². The fraction of sp³-hybridized carbons (Fsp3) is 0.222. The van der Waals surface area contributed by atoms with E-state index >= 15 is 0 Å². The van der Waals surface area contributed by atoms with E-state index in [1.807, 2.05) is 0 Å². The van der Waals surface area contributed by atoms with Crippen molar-refractivity contribution < 1.29 is 23.5 Å². The zero-order chi connectivity index (χ0) is 17.1. The van der Waals surface area contributed by atoms with Gasteiger partial charge in [0.25, 0.3) is 5.91 Å². The smallest absolute Gasteiger partial charge is 0.286 e. The van der Waals surface area contributed by atoms with Crippen molar-refractivity contribution in [2.45, 2.75) is 25.3 Å². The van der Waals surface area contributed by atoms with E-state index in [9.17, 15) is 19.1 Å². The molecule has 2 aromatic rings. The van der Waals surface area contributed by atoms with Gasteiger partial charge in [-0.25, -0.2) is 4.39 Å². The Morgan fingerprint density at radius 2 is 1.92 bits per heavy atom. The van der Waals surface area contributed by atoms with Crippen LogP contribution in [0.2, 0.25) is 0 Å². The Morgan fingerprint density at radius 1 is 1.21 bits per heavy atom. The van der Waals surface area contributed by atoms with Gasteiger partial charge in [-0.05, 0) is 42.7 Å². The first kappa shape index (κ1) is 16.0. The SMILES string of the molecule is O=C(NC1CC1)/C(O)=C/C(=O)c1ccc(Cc2ccc(F)cc2)o1. The number of ketones is 1. The van der Waals surface area contributed by atoms with Gasteiger partial charge in [-0.2, -0.15) is 0 Å². The lowest BCUT2D eigenvalue weighted by Gasteiger charge is -2.01. The molecule has 6 heteroatoms. The third-order valence-corrected chi connectivity index (χ3v) is 3.61. The maximum atomic E-state index is 12.9. The Balaban J connectivity index is 1.64. The van der Waals surface area contributed by atoms with Gasteiger partial charge in [0.15, 0.2) is 11.5 Å². The summed E-state index contributed by atoms with van der Waals surface area (Å²) in [6, 6.07) is 9.16. The molecule has 3 rings (SSSR count). The van der Waals surface area contributed by atoms with Crippen molar-refractivity contribution >= 4 is 11.7 Å². The van der Waals surface area contributed by atoms with Gasteiger partial charge >= 0.3 is 0 Å². The van der Waals surface area contributed by atoms with Gasteiger partial charge in [0.1, 0.15) is 11.6 Å². The van der Waals surface area contributed by atoms with Crippen LogP contribution < -0.4 is 5.32 Å². The van der Waals surface area contributed by atoms with E-state index in [1.54, 1.807) is 18.2 Å². The molecule has 1 fully saturated rings. The second-order valence-corrected chi connectivity index (χ2v) is 5.71. The van der Waals surface area contributed by atoms with Gasteiger partial charge in [0.05, 0.1) is 0 Å². The second kappa shape index (κ2) is 6.70. The summed E-state index contributed by atoms with van der Waals surface area (Å²) < 4.78 is 18.3. The van der Waals surface area contributed by atoms with Gasteiger partial charge in [0.2, 0.25) is 5.78 Å². The summed E-state index contributed by atoms with van der Waals surface area (Å²) in [5.74, 6) is -1.66. The Kier molecular flexibility index (Phi) is 4.46. The van der Waals surface area contributed by atoms with Gasteiger partial charge in [0, 0.05) is 18.5 Å². The number of benzene rings is 1. The number of rotatable bonds is 6. The van der Waals surface area contributed by atoms with Gasteiger partial charge in [-0.3, -0.25) is 9.59 Å². The van der Waals surface area contributed by atoms with Crippen molar-refractivity contribution in [1.82, 2.24) is 5.32 Å². The predicted octanol–water partition coefficient (Wildman–Crippen LogP) is 2.91. The summed E-state index contributed by atoms with van der Waals surface area (Å²) >= 11 is 0. The van der Waals surface area contributed by atoms with Crippen LogP contribution >= 0.6 is 0 Å². The minimum absolute atomic E-state index is 0.0258. The minimum Gasteiger partial charge on any atom is -0.503 e. The van der Waals surface area contributed by atoms with E-state index in [0.717, 1.165) is 24.5 Å². The highest BCUT2D eigenvalue weighted by atomic mass is 19.1. The first-order chi connectivity index (χ1) is 11.5. The zero-order valence-electron chi connectivity index (χ0n) is 12.8. The van der Waals surface area contributed by atoms with Gasteiger partial charge in [-0.15, -0.1) is 0 Å². The molecule has 1 aromatic heterocycles. The van der Waals surface area contributed by atoms with Crippen LogP contribution in [0, 0.1) is 5.82 Å². The summed E-state index contributed by atoms with van der Waals surface area (Å²) in [4.78, 5) is 23.6. The number of allylic oxidation sites excluding steroid dienone is 1. The van der Waals surface area contributed by atoms with E-state index in [-0.39, 0.29) is 17.6 Å². The molecule has 1 aliphatic carbocycles. The summed E-state index contributed by atoms with van der Waals surface area (Å²) in [7, 11) is 0. The van der Waals surface area contributed by atoms with Crippen molar-refractivity contribution in [3.8, 4) is 0 Å². The highest BCUT2D eigenvalue weighted by molar-refractivity contribution is 6.07. The van der Waals surface area contributed by atoms with E-state index in [1.165, 1.54) is 18.2 Å². The Morgan fingerprint density at radius 3 is 2.58 bits per heavy atom. The topological polar surface area (TPSA) is 79.5 Å². The lowest BCUT2D eigenvalue weighted by molar-refractivity contribution is -0.120. The number of carbonyl (C=O) groups excluding carboxylic acids is 2. The number of aliphatic hydroxyl groups is 1. The molecule has 0 radical (unpaired) electrons. The molecule has 0 spiro atoms. The van der Waals surface area contributed by atoms with Crippen LogP contribution in [0.3, 0.4) is 0 Å². The normalized spacial score (nSPS) is 14.5. The van der Waals surface area contributed by atoms with Crippen molar-refractivity contribution in [2.24, 2.45) is 0 Å². The highest BCUT2D eigenvalue weighted by Crippen LogP contribution is 2.19. The number of aliphatic hydroxyl groups excluding tert-OH is 1.